The third-order valence-electron chi connectivity index (χ3n) is 4.70. The van der Waals surface area contributed by atoms with Gasteiger partial charge in [0.2, 0.25) is 5.91 Å². The summed E-state index contributed by atoms with van der Waals surface area (Å²) in [4.78, 5) is 60.1. The maximum atomic E-state index is 13.0. The Labute approximate surface area is 182 Å². The lowest BCUT2D eigenvalue weighted by molar-refractivity contribution is -0.197. The molecule has 12 nitrogen and oxygen atoms in total. The molecule has 0 radical (unpaired) electrons. The summed E-state index contributed by atoms with van der Waals surface area (Å²) in [5.41, 5.74) is 3.64. The number of nitrogens with one attached hydrogen (secondary N) is 1. The monoisotopic (exact) mass is 459 g/mol. The first-order valence-electron chi connectivity index (χ1n) is 9.52. The summed E-state index contributed by atoms with van der Waals surface area (Å²) in [7, 11) is 0. The van der Waals surface area contributed by atoms with Gasteiger partial charge in [0.25, 0.3) is 11.6 Å². The Morgan fingerprint density at radius 2 is 2.03 bits per heavy atom. The molecule has 13 heteroatoms. The molecule has 0 saturated carbocycles. The SMILES string of the molecule is CCO[C@]1(NC(=O)CCCC(N)C(=O)O)C(=O)N2C(C(=O)O)=C(COC(C)=O)CS[C@@H]21. The summed E-state index contributed by atoms with van der Waals surface area (Å²) in [5, 5.41) is 20.1. The van der Waals surface area contributed by atoms with Crippen molar-refractivity contribution in [2.75, 3.05) is 19.0 Å². The van der Waals surface area contributed by atoms with Crippen molar-refractivity contribution in [3.05, 3.63) is 11.3 Å². The van der Waals surface area contributed by atoms with E-state index in [1.807, 2.05) is 0 Å². The minimum Gasteiger partial charge on any atom is -0.480 e. The normalized spacial score (nSPS) is 23.5. The number of ether oxygens (including phenoxy) is 2. The van der Waals surface area contributed by atoms with Crippen molar-refractivity contribution in [1.82, 2.24) is 10.2 Å². The van der Waals surface area contributed by atoms with Crippen molar-refractivity contribution in [2.24, 2.45) is 5.73 Å². The summed E-state index contributed by atoms with van der Waals surface area (Å²) < 4.78 is 10.5. The van der Waals surface area contributed by atoms with Crippen molar-refractivity contribution >= 4 is 41.5 Å². The largest absolute Gasteiger partial charge is 0.480 e. The number of nitrogens with zero attached hydrogens (tertiary/aromatic N) is 1. The molecule has 3 atom stereocenters. The average molecular weight is 459 g/mol. The van der Waals surface area contributed by atoms with Crippen LogP contribution < -0.4 is 11.1 Å². The lowest BCUT2D eigenvalue weighted by atomic mass is 9.97. The fourth-order valence-corrected chi connectivity index (χ4v) is 4.67. The minimum absolute atomic E-state index is 0.0766. The van der Waals surface area contributed by atoms with Gasteiger partial charge in [0.1, 0.15) is 23.7 Å². The number of carbonyl (C=O) groups excluding carboxylic acids is 3. The number of aliphatic carboxylic acids is 2. The fraction of sp³-hybridized carbons (Fsp3) is 0.611. The summed E-state index contributed by atoms with van der Waals surface area (Å²) >= 11 is 1.17. The number of carboxylic acid groups (broad SMARTS) is 2. The summed E-state index contributed by atoms with van der Waals surface area (Å²) in [6.45, 7) is 2.63. The summed E-state index contributed by atoms with van der Waals surface area (Å²) in [6, 6.07) is -1.10. The van der Waals surface area contributed by atoms with Crippen LogP contribution in [-0.4, -0.2) is 80.9 Å². The molecule has 0 aromatic carbocycles. The number of amides is 2. The quantitative estimate of drug-likeness (QED) is 0.173. The van der Waals surface area contributed by atoms with Crippen molar-refractivity contribution in [2.45, 2.75) is 50.3 Å². The van der Waals surface area contributed by atoms with Gasteiger partial charge in [-0.25, -0.2) is 4.79 Å². The minimum atomic E-state index is -1.74. The van der Waals surface area contributed by atoms with Crippen molar-refractivity contribution < 1.29 is 43.7 Å². The van der Waals surface area contributed by atoms with Crippen molar-refractivity contribution in [3.8, 4) is 0 Å². The second kappa shape index (κ2) is 10.1. The number of rotatable bonds is 11. The van der Waals surface area contributed by atoms with Crippen LogP contribution in [0.15, 0.2) is 11.3 Å². The van der Waals surface area contributed by atoms with E-state index in [2.05, 4.69) is 5.32 Å². The fourth-order valence-electron chi connectivity index (χ4n) is 3.28. The first kappa shape index (κ1) is 24.6. The molecule has 5 N–H and O–H groups in total. The van der Waals surface area contributed by atoms with Crippen LogP contribution in [-0.2, 0) is 33.4 Å². The van der Waals surface area contributed by atoms with Gasteiger partial charge in [-0.3, -0.25) is 24.1 Å². The second-order valence-electron chi connectivity index (χ2n) is 6.93. The molecule has 172 valence electrons. The van der Waals surface area contributed by atoms with Crippen LogP contribution in [0, 0.1) is 0 Å². The van der Waals surface area contributed by atoms with E-state index in [-0.39, 0.29) is 49.5 Å². The van der Waals surface area contributed by atoms with Crippen LogP contribution in [0.1, 0.15) is 33.1 Å². The molecule has 2 aliphatic rings. The van der Waals surface area contributed by atoms with E-state index in [1.165, 1.54) is 18.7 Å². The molecular weight excluding hydrogens is 434 g/mol. The molecule has 0 aliphatic carbocycles. The molecule has 1 fully saturated rings. The highest BCUT2D eigenvalue weighted by molar-refractivity contribution is 8.00. The first-order chi connectivity index (χ1) is 14.5. The van der Waals surface area contributed by atoms with E-state index >= 15 is 0 Å². The van der Waals surface area contributed by atoms with E-state index in [0.717, 1.165) is 4.90 Å². The molecule has 0 aromatic rings. The zero-order valence-electron chi connectivity index (χ0n) is 17.1. The molecule has 2 amide bonds. The Hall–Kier alpha value is -2.64. The highest BCUT2D eigenvalue weighted by Crippen LogP contribution is 2.46. The number of carboxylic acids is 2. The number of carbonyl (C=O) groups is 5. The molecule has 2 heterocycles. The van der Waals surface area contributed by atoms with Crippen molar-refractivity contribution in [3.63, 3.8) is 0 Å². The van der Waals surface area contributed by atoms with Crippen LogP contribution >= 0.6 is 11.8 Å². The molecule has 1 unspecified atom stereocenters. The van der Waals surface area contributed by atoms with E-state index in [9.17, 15) is 29.1 Å². The molecule has 0 aromatic heterocycles. The summed E-state index contributed by atoms with van der Waals surface area (Å²) in [6.07, 6.45) is 0.178. The third-order valence-corrected chi connectivity index (χ3v) is 6.07. The van der Waals surface area contributed by atoms with E-state index in [4.69, 9.17) is 20.3 Å². The Bertz CT molecular complexity index is 815. The van der Waals surface area contributed by atoms with Gasteiger partial charge in [0.15, 0.2) is 0 Å². The lowest BCUT2D eigenvalue weighted by Gasteiger charge is -2.56. The number of β-lactam (4-membered cyclic amide) rings is 1. The zero-order valence-corrected chi connectivity index (χ0v) is 17.9. The molecular formula is C18H25N3O9S. The molecule has 2 rings (SSSR count). The topological polar surface area (TPSA) is 186 Å². The van der Waals surface area contributed by atoms with Crippen molar-refractivity contribution in [1.29, 1.82) is 0 Å². The molecule has 0 spiro atoms. The standard InChI is InChI=1S/C18H25N3O9S/c1-3-30-18(20-12(23)6-4-5-11(19)14(24)25)16(28)21-13(15(26)27)10(7-29-9(2)22)8-31-17(18)21/h11,17H,3-8,19H2,1-2H3,(H,20,23)(H,24,25)(H,26,27)/t11?,17-,18-/m1/s1. The zero-order chi connectivity index (χ0) is 23.3. The van der Waals surface area contributed by atoms with Gasteiger partial charge < -0.3 is 30.7 Å². The van der Waals surface area contributed by atoms with Crippen LogP contribution in [0.25, 0.3) is 0 Å². The number of nitrogens with two attached hydrogens (primary N) is 1. The van der Waals surface area contributed by atoms with Gasteiger partial charge in [-0.15, -0.1) is 11.8 Å². The number of hydrogen-bond acceptors (Lipinski definition) is 9. The highest BCUT2D eigenvalue weighted by atomic mass is 32.2. The van der Waals surface area contributed by atoms with Gasteiger partial charge in [0.05, 0.1) is 0 Å². The van der Waals surface area contributed by atoms with E-state index in [1.54, 1.807) is 6.92 Å². The number of thioether (sulfide) groups is 1. The van der Waals surface area contributed by atoms with Gasteiger partial charge in [-0.2, -0.15) is 0 Å². The van der Waals surface area contributed by atoms with Gasteiger partial charge >= 0.3 is 17.9 Å². The van der Waals surface area contributed by atoms with Crippen LogP contribution in [0.2, 0.25) is 0 Å². The summed E-state index contributed by atoms with van der Waals surface area (Å²) in [5.74, 6) is -4.27. The Morgan fingerprint density at radius 3 is 2.58 bits per heavy atom. The number of fused-ring (bicyclic) bond motifs is 1. The van der Waals surface area contributed by atoms with Gasteiger partial charge in [0, 0.05) is 31.3 Å². The smallest absolute Gasteiger partial charge is 0.352 e. The highest BCUT2D eigenvalue weighted by Gasteiger charge is 2.66. The predicted molar refractivity (Wildman–Crippen MR) is 106 cm³/mol. The maximum Gasteiger partial charge on any atom is 0.352 e. The average Bonchev–Trinajstić information content (AvgIpc) is 2.70. The molecule has 0 bridgehead atoms. The first-order valence-corrected chi connectivity index (χ1v) is 10.6. The molecule has 2 aliphatic heterocycles. The van der Waals surface area contributed by atoms with E-state index < -0.39 is 46.9 Å². The Morgan fingerprint density at radius 1 is 1.35 bits per heavy atom. The predicted octanol–water partition coefficient (Wildman–Crippen LogP) is -0.765. The number of esters is 1. The third kappa shape index (κ3) is 5.17. The van der Waals surface area contributed by atoms with Crippen LogP contribution in [0.3, 0.4) is 0 Å². The maximum absolute atomic E-state index is 13.0. The number of hydrogen-bond donors (Lipinski definition) is 4. The van der Waals surface area contributed by atoms with E-state index in [0.29, 0.717) is 0 Å². The Balaban J connectivity index is 2.16. The molecule has 1 saturated heterocycles. The van der Waals surface area contributed by atoms with Crippen LogP contribution in [0.5, 0.6) is 0 Å². The van der Waals surface area contributed by atoms with Crippen LogP contribution in [0.4, 0.5) is 0 Å². The Kier molecular flexibility index (Phi) is 8.03. The lowest BCUT2D eigenvalue weighted by Crippen LogP contribution is -2.81. The van der Waals surface area contributed by atoms with Gasteiger partial charge in [-0.1, -0.05) is 0 Å². The molecule has 31 heavy (non-hydrogen) atoms. The van der Waals surface area contributed by atoms with Gasteiger partial charge in [-0.05, 0) is 19.8 Å². The second-order valence-corrected chi connectivity index (χ2v) is 8.00.